The number of benzene rings is 2. The van der Waals surface area contributed by atoms with Gasteiger partial charge in [-0.15, -0.1) is 0 Å². The number of aliphatic hydroxyl groups is 2. The Bertz CT molecular complexity index is 852. The number of fused-ring (bicyclic) bond motifs is 1. The summed E-state index contributed by atoms with van der Waals surface area (Å²) in [6, 6.07) is 15.3. The molecule has 25 heavy (non-hydrogen) atoms. The summed E-state index contributed by atoms with van der Waals surface area (Å²) in [6.45, 7) is 2.50. The fourth-order valence-corrected chi connectivity index (χ4v) is 2.56. The maximum Gasteiger partial charge on any atom is 0.229 e. The van der Waals surface area contributed by atoms with E-state index in [1.807, 2.05) is 48.5 Å². The highest BCUT2D eigenvalue weighted by atomic mass is 16.3. The SMILES string of the molecule is CC(O)c1cccc(Nc2nc(NCCCO)c3ccccc3n2)c1. The molecule has 2 aromatic carbocycles. The summed E-state index contributed by atoms with van der Waals surface area (Å²) in [4.78, 5) is 9.12. The van der Waals surface area contributed by atoms with Gasteiger partial charge in [-0.2, -0.15) is 4.98 Å². The van der Waals surface area contributed by atoms with Gasteiger partial charge in [0.15, 0.2) is 0 Å². The molecule has 0 saturated heterocycles. The molecule has 130 valence electrons. The third-order valence-electron chi connectivity index (χ3n) is 3.86. The van der Waals surface area contributed by atoms with Gasteiger partial charge >= 0.3 is 0 Å². The lowest BCUT2D eigenvalue weighted by Gasteiger charge is -2.12. The Balaban J connectivity index is 1.92. The molecule has 6 nitrogen and oxygen atoms in total. The van der Waals surface area contributed by atoms with Crippen LogP contribution in [0, 0.1) is 0 Å². The molecule has 6 heteroatoms. The van der Waals surface area contributed by atoms with Crippen molar-refractivity contribution < 1.29 is 10.2 Å². The molecule has 0 fully saturated rings. The molecule has 1 atom stereocenters. The van der Waals surface area contributed by atoms with Crippen LogP contribution in [0.4, 0.5) is 17.5 Å². The topological polar surface area (TPSA) is 90.3 Å². The lowest BCUT2D eigenvalue weighted by molar-refractivity contribution is 0.199. The monoisotopic (exact) mass is 338 g/mol. The predicted molar refractivity (Wildman–Crippen MR) is 100 cm³/mol. The minimum Gasteiger partial charge on any atom is -0.396 e. The van der Waals surface area contributed by atoms with Crippen molar-refractivity contribution in [2.24, 2.45) is 0 Å². The first-order valence-corrected chi connectivity index (χ1v) is 8.34. The highest BCUT2D eigenvalue weighted by Crippen LogP contribution is 2.24. The van der Waals surface area contributed by atoms with Crippen molar-refractivity contribution in [2.45, 2.75) is 19.4 Å². The van der Waals surface area contributed by atoms with E-state index < -0.39 is 6.10 Å². The van der Waals surface area contributed by atoms with Crippen molar-refractivity contribution in [3.8, 4) is 0 Å². The van der Waals surface area contributed by atoms with Gasteiger partial charge in [0, 0.05) is 24.2 Å². The van der Waals surface area contributed by atoms with E-state index in [4.69, 9.17) is 5.11 Å². The van der Waals surface area contributed by atoms with E-state index in [1.165, 1.54) is 0 Å². The van der Waals surface area contributed by atoms with E-state index in [2.05, 4.69) is 20.6 Å². The molecule has 1 unspecified atom stereocenters. The van der Waals surface area contributed by atoms with Gasteiger partial charge in [0.2, 0.25) is 5.95 Å². The summed E-state index contributed by atoms with van der Waals surface area (Å²) < 4.78 is 0. The zero-order valence-electron chi connectivity index (χ0n) is 14.1. The predicted octanol–water partition coefficient (Wildman–Crippen LogP) is 3.22. The number of nitrogens with one attached hydrogen (secondary N) is 2. The molecule has 1 heterocycles. The minimum absolute atomic E-state index is 0.132. The summed E-state index contributed by atoms with van der Waals surface area (Å²) in [7, 11) is 0. The maximum atomic E-state index is 9.73. The second-order valence-corrected chi connectivity index (χ2v) is 5.84. The normalized spacial score (nSPS) is 12.1. The summed E-state index contributed by atoms with van der Waals surface area (Å²) >= 11 is 0. The zero-order chi connectivity index (χ0) is 17.6. The molecule has 0 aliphatic carbocycles. The Labute approximate surface area is 146 Å². The van der Waals surface area contributed by atoms with Gasteiger partial charge in [-0.25, -0.2) is 4.98 Å². The summed E-state index contributed by atoms with van der Waals surface area (Å²) in [5.74, 6) is 1.21. The van der Waals surface area contributed by atoms with Gasteiger partial charge < -0.3 is 20.8 Å². The summed E-state index contributed by atoms with van der Waals surface area (Å²) in [5.41, 5.74) is 2.47. The van der Waals surface area contributed by atoms with Crippen molar-refractivity contribution in [3.05, 3.63) is 54.1 Å². The molecular weight excluding hydrogens is 316 g/mol. The van der Waals surface area contributed by atoms with Crippen LogP contribution in [0.2, 0.25) is 0 Å². The standard InChI is InChI=1S/C19H22N4O2/c1-13(25)14-6-4-7-15(12-14)21-19-22-17-9-3-2-8-16(17)18(23-19)20-10-5-11-24/h2-4,6-9,12-13,24-25H,5,10-11H2,1H3,(H2,20,21,22,23). The third kappa shape index (κ3) is 4.23. The quantitative estimate of drug-likeness (QED) is 0.495. The van der Waals surface area contributed by atoms with Gasteiger partial charge in [-0.1, -0.05) is 24.3 Å². The number of hydrogen-bond acceptors (Lipinski definition) is 6. The lowest BCUT2D eigenvalue weighted by atomic mass is 10.1. The van der Waals surface area contributed by atoms with Crippen molar-refractivity contribution in [1.82, 2.24) is 9.97 Å². The van der Waals surface area contributed by atoms with Gasteiger partial charge in [0.25, 0.3) is 0 Å². The Morgan fingerprint density at radius 3 is 2.72 bits per heavy atom. The second kappa shape index (κ2) is 7.92. The molecule has 0 amide bonds. The van der Waals surface area contributed by atoms with E-state index in [-0.39, 0.29) is 6.61 Å². The number of rotatable bonds is 7. The molecule has 0 radical (unpaired) electrons. The highest BCUT2D eigenvalue weighted by Gasteiger charge is 2.08. The van der Waals surface area contributed by atoms with E-state index >= 15 is 0 Å². The van der Waals surface area contributed by atoms with Crippen molar-refractivity contribution in [2.75, 3.05) is 23.8 Å². The fourth-order valence-electron chi connectivity index (χ4n) is 2.56. The first kappa shape index (κ1) is 17.1. The van der Waals surface area contributed by atoms with Crippen LogP contribution in [-0.4, -0.2) is 33.3 Å². The summed E-state index contributed by atoms with van der Waals surface area (Å²) in [6.07, 6.45) is 0.118. The maximum absolute atomic E-state index is 9.73. The molecule has 0 saturated carbocycles. The molecule has 0 aliphatic heterocycles. The first-order chi connectivity index (χ1) is 12.2. The number of aliphatic hydroxyl groups excluding tert-OH is 2. The van der Waals surface area contributed by atoms with Crippen LogP contribution in [0.1, 0.15) is 25.0 Å². The van der Waals surface area contributed by atoms with Gasteiger partial charge in [-0.3, -0.25) is 0 Å². The van der Waals surface area contributed by atoms with E-state index in [1.54, 1.807) is 6.92 Å². The zero-order valence-corrected chi connectivity index (χ0v) is 14.1. The smallest absolute Gasteiger partial charge is 0.229 e. The molecule has 0 spiro atoms. The van der Waals surface area contributed by atoms with Crippen LogP contribution >= 0.6 is 0 Å². The fraction of sp³-hybridized carbons (Fsp3) is 0.263. The molecule has 0 aliphatic rings. The van der Waals surface area contributed by atoms with Crippen LogP contribution in [-0.2, 0) is 0 Å². The van der Waals surface area contributed by atoms with E-state index in [0.29, 0.717) is 18.9 Å². The highest BCUT2D eigenvalue weighted by molar-refractivity contribution is 5.90. The van der Waals surface area contributed by atoms with Gasteiger partial charge in [0.05, 0.1) is 11.6 Å². The largest absolute Gasteiger partial charge is 0.396 e. The van der Waals surface area contributed by atoms with Crippen LogP contribution in [0.15, 0.2) is 48.5 Å². The van der Waals surface area contributed by atoms with Crippen molar-refractivity contribution >= 4 is 28.4 Å². The molecular formula is C19H22N4O2. The van der Waals surface area contributed by atoms with Crippen molar-refractivity contribution in [3.63, 3.8) is 0 Å². The van der Waals surface area contributed by atoms with Crippen LogP contribution in [0.25, 0.3) is 10.9 Å². The van der Waals surface area contributed by atoms with Gasteiger partial charge in [0.1, 0.15) is 5.82 Å². The molecule has 3 aromatic rings. The molecule has 1 aromatic heterocycles. The first-order valence-electron chi connectivity index (χ1n) is 8.34. The van der Waals surface area contributed by atoms with Crippen molar-refractivity contribution in [1.29, 1.82) is 0 Å². The van der Waals surface area contributed by atoms with Gasteiger partial charge in [-0.05, 0) is 43.2 Å². The average Bonchev–Trinajstić information content (AvgIpc) is 2.62. The lowest BCUT2D eigenvalue weighted by Crippen LogP contribution is -2.08. The van der Waals surface area contributed by atoms with Crippen LogP contribution < -0.4 is 10.6 Å². The van der Waals surface area contributed by atoms with Crippen LogP contribution in [0.3, 0.4) is 0 Å². The third-order valence-corrected chi connectivity index (χ3v) is 3.86. The Kier molecular flexibility index (Phi) is 5.42. The number of hydrogen-bond donors (Lipinski definition) is 4. The number of nitrogens with zero attached hydrogens (tertiary/aromatic N) is 2. The Morgan fingerprint density at radius 2 is 1.92 bits per heavy atom. The number of para-hydroxylation sites is 1. The second-order valence-electron chi connectivity index (χ2n) is 5.84. The molecule has 3 rings (SSSR count). The molecule has 4 N–H and O–H groups in total. The Hall–Kier alpha value is -2.70. The summed E-state index contributed by atoms with van der Waals surface area (Å²) in [5, 5.41) is 26.1. The minimum atomic E-state index is -0.532. The van der Waals surface area contributed by atoms with E-state index in [0.717, 1.165) is 28.0 Å². The molecule has 0 bridgehead atoms. The number of anilines is 3. The Morgan fingerprint density at radius 1 is 1.08 bits per heavy atom. The van der Waals surface area contributed by atoms with E-state index in [9.17, 15) is 5.11 Å². The average molecular weight is 338 g/mol. The van der Waals surface area contributed by atoms with Crippen LogP contribution in [0.5, 0.6) is 0 Å². The number of aromatic nitrogens is 2.